The predicted molar refractivity (Wildman–Crippen MR) is 125 cm³/mol. The highest BCUT2D eigenvalue weighted by Gasteiger charge is 2.13. The van der Waals surface area contributed by atoms with Gasteiger partial charge in [0.25, 0.3) is 5.91 Å². The number of hydrazone groups is 1. The Morgan fingerprint density at radius 2 is 1.84 bits per heavy atom. The van der Waals surface area contributed by atoms with Crippen LogP contribution in [-0.2, 0) is 11.3 Å². The van der Waals surface area contributed by atoms with Crippen molar-refractivity contribution in [3.8, 4) is 5.75 Å². The molecule has 0 atom stereocenters. The monoisotopic (exact) mass is 430 g/mol. The molecule has 0 fully saturated rings. The van der Waals surface area contributed by atoms with Crippen molar-refractivity contribution in [3.63, 3.8) is 0 Å². The number of amides is 1. The number of nitrogens with one attached hydrogen (secondary N) is 1. The van der Waals surface area contributed by atoms with Crippen LogP contribution in [0, 0.1) is 6.92 Å². The minimum atomic E-state index is -0.214. The molecule has 0 unspecified atom stereocenters. The van der Waals surface area contributed by atoms with Crippen LogP contribution in [0.5, 0.6) is 5.75 Å². The molecule has 0 aliphatic rings. The van der Waals surface area contributed by atoms with Gasteiger partial charge in [0.1, 0.15) is 5.75 Å². The molecule has 0 bridgehead atoms. The summed E-state index contributed by atoms with van der Waals surface area (Å²) in [6.45, 7) is 2.75. The van der Waals surface area contributed by atoms with E-state index in [1.807, 2.05) is 24.3 Å². The zero-order valence-corrected chi connectivity index (χ0v) is 17.8. The maximum Gasteiger partial charge on any atom is 0.250 e. The van der Waals surface area contributed by atoms with E-state index in [1.165, 1.54) is 29.1 Å². The average molecular weight is 431 g/mol. The van der Waals surface area contributed by atoms with E-state index in [-0.39, 0.29) is 17.4 Å². The van der Waals surface area contributed by atoms with Crippen molar-refractivity contribution in [1.82, 2.24) is 15.0 Å². The Labute approximate surface area is 184 Å². The van der Waals surface area contributed by atoms with Crippen molar-refractivity contribution in [3.05, 3.63) is 89.5 Å². The number of aryl methyl sites for hydroxylation is 1. The Bertz CT molecular complexity index is 1210. The first-order valence-corrected chi connectivity index (χ1v) is 10.8. The first-order chi connectivity index (χ1) is 15.1. The van der Waals surface area contributed by atoms with Gasteiger partial charge in [-0.2, -0.15) is 5.10 Å². The number of nitrogens with zero attached hydrogens (tertiary/aromatic N) is 3. The molecule has 7 heteroatoms. The van der Waals surface area contributed by atoms with Gasteiger partial charge in [0, 0.05) is 0 Å². The quantitative estimate of drug-likeness (QED) is 0.260. The molecule has 1 heterocycles. The Morgan fingerprint density at radius 1 is 1.10 bits per heavy atom. The van der Waals surface area contributed by atoms with Crippen molar-refractivity contribution < 1.29 is 9.90 Å². The Kier molecular flexibility index (Phi) is 6.33. The number of para-hydroxylation sites is 2. The van der Waals surface area contributed by atoms with Crippen LogP contribution in [0.25, 0.3) is 11.0 Å². The molecule has 0 spiro atoms. The highest BCUT2D eigenvalue weighted by molar-refractivity contribution is 7.99. The molecule has 3 aromatic carbocycles. The van der Waals surface area contributed by atoms with Gasteiger partial charge in [-0.1, -0.05) is 53.7 Å². The maximum atomic E-state index is 12.3. The van der Waals surface area contributed by atoms with E-state index >= 15 is 0 Å². The standard InChI is InChI=1S/C24H22N4O2S/c1-17-6-8-19(9-7-17)15-28-22-5-3-2-4-21(22)26-24(28)31-16-23(30)27-25-14-18-10-12-20(29)13-11-18/h2-14,29H,15-16H2,1H3,(H,27,30). The number of rotatable bonds is 7. The number of fused-ring (bicyclic) bond motifs is 1. The topological polar surface area (TPSA) is 79.5 Å². The Balaban J connectivity index is 1.44. The first kappa shape index (κ1) is 20.7. The van der Waals surface area contributed by atoms with Gasteiger partial charge in [-0.15, -0.1) is 0 Å². The molecule has 0 saturated heterocycles. The van der Waals surface area contributed by atoms with E-state index < -0.39 is 0 Å². The molecule has 4 rings (SSSR count). The van der Waals surface area contributed by atoms with Gasteiger partial charge in [-0.25, -0.2) is 10.4 Å². The van der Waals surface area contributed by atoms with E-state index in [2.05, 4.69) is 46.3 Å². The minimum absolute atomic E-state index is 0.186. The highest BCUT2D eigenvalue weighted by Crippen LogP contribution is 2.25. The average Bonchev–Trinajstić information content (AvgIpc) is 3.12. The van der Waals surface area contributed by atoms with Crippen LogP contribution in [0.2, 0.25) is 0 Å². The third kappa shape index (κ3) is 5.32. The van der Waals surface area contributed by atoms with E-state index in [9.17, 15) is 9.90 Å². The molecule has 1 aromatic heterocycles. The second-order valence-electron chi connectivity index (χ2n) is 7.13. The zero-order chi connectivity index (χ0) is 21.6. The maximum absolute atomic E-state index is 12.3. The molecular formula is C24H22N4O2S. The van der Waals surface area contributed by atoms with Crippen LogP contribution in [-0.4, -0.2) is 32.5 Å². The van der Waals surface area contributed by atoms with Gasteiger partial charge in [-0.3, -0.25) is 4.79 Å². The lowest BCUT2D eigenvalue weighted by molar-refractivity contribution is -0.118. The summed E-state index contributed by atoms with van der Waals surface area (Å²) in [6, 6.07) is 23.0. The van der Waals surface area contributed by atoms with Crippen molar-refractivity contribution >= 4 is 34.9 Å². The van der Waals surface area contributed by atoms with E-state index in [1.54, 1.807) is 24.3 Å². The second-order valence-corrected chi connectivity index (χ2v) is 8.07. The van der Waals surface area contributed by atoms with E-state index in [0.717, 1.165) is 21.8 Å². The second kappa shape index (κ2) is 9.49. The van der Waals surface area contributed by atoms with Crippen molar-refractivity contribution in [1.29, 1.82) is 0 Å². The molecule has 0 aliphatic carbocycles. The molecule has 31 heavy (non-hydrogen) atoms. The zero-order valence-electron chi connectivity index (χ0n) is 17.0. The number of carbonyl (C=O) groups excluding carboxylic acids is 1. The third-order valence-corrected chi connectivity index (χ3v) is 5.69. The summed E-state index contributed by atoms with van der Waals surface area (Å²) < 4.78 is 2.14. The summed E-state index contributed by atoms with van der Waals surface area (Å²) in [5.41, 5.74) is 7.66. The predicted octanol–water partition coefficient (Wildman–Crippen LogP) is 4.34. The number of hydrogen-bond acceptors (Lipinski definition) is 5. The summed E-state index contributed by atoms with van der Waals surface area (Å²) >= 11 is 1.38. The van der Waals surface area contributed by atoms with Crippen LogP contribution in [0.4, 0.5) is 0 Å². The summed E-state index contributed by atoms with van der Waals surface area (Å²) in [6.07, 6.45) is 1.54. The van der Waals surface area contributed by atoms with Crippen LogP contribution in [0.1, 0.15) is 16.7 Å². The fourth-order valence-electron chi connectivity index (χ4n) is 3.09. The van der Waals surface area contributed by atoms with Crippen molar-refractivity contribution in [2.45, 2.75) is 18.6 Å². The number of imidazole rings is 1. The number of phenolic OH excluding ortho intramolecular Hbond substituents is 1. The molecule has 0 radical (unpaired) electrons. The molecule has 0 saturated carbocycles. The van der Waals surface area contributed by atoms with Crippen LogP contribution < -0.4 is 5.43 Å². The third-order valence-electron chi connectivity index (χ3n) is 4.71. The van der Waals surface area contributed by atoms with Gasteiger partial charge >= 0.3 is 0 Å². The van der Waals surface area contributed by atoms with Crippen molar-refractivity contribution in [2.75, 3.05) is 5.75 Å². The van der Waals surface area contributed by atoms with Crippen LogP contribution >= 0.6 is 11.8 Å². The highest BCUT2D eigenvalue weighted by atomic mass is 32.2. The fraction of sp³-hybridized carbons (Fsp3) is 0.125. The molecule has 1 amide bonds. The van der Waals surface area contributed by atoms with Gasteiger partial charge in [0.05, 0.1) is 29.5 Å². The minimum Gasteiger partial charge on any atom is -0.508 e. The number of hydrogen-bond donors (Lipinski definition) is 2. The lowest BCUT2D eigenvalue weighted by Crippen LogP contribution is -2.20. The van der Waals surface area contributed by atoms with E-state index in [4.69, 9.17) is 4.98 Å². The molecular weight excluding hydrogens is 408 g/mol. The van der Waals surface area contributed by atoms with Gasteiger partial charge < -0.3 is 9.67 Å². The molecule has 6 nitrogen and oxygen atoms in total. The largest absolute Gasteiger partial charge is 0.508 e. The van der Waals surface area contributed by atoms with Crippen LogP contribution in [0.15, 0.2) is 83.1 Å². The number of aromatic nitrogens is 2. The molecule has 4 aromatic rings. The van der Waals surface area contributed by atoms with E-state index in [0.29, 0.717) is 6.54 Å². The number of carbonyl (C=O) groups is 1. The molecule has 0 aliphatic heterocycles. The van der Waals surface area contributed by atoms with Crippen LogP contribution in [0.3, 0.4) is 0 Å². The van der Waals surface area contributed by atoms with Crippen molar-refractivity contribution in [2.24, 2.45) is 5.10 Å². The normalized spacial score (nSPS) is 11.3. The number of aromatic hydroxyl groups is 1. The molecule has 2 N–H and O–H groups in total. The Hall–Kier alpha value is -3.58. The lowest BCUT2D eigenvalue weighted by Gasteiger charge is -2.09. The smallest absolute Gasteiger partial charge is 0.250 e. The number of benzene rings is 3. The first-order valence-electron chi connectivity index (χ1n) is 9.83. The number of thioether (sulfide) groups is 1. The Morgan fingerprint density at radius 3 is 2.61 bits per heavy atom. The SMILES string of the molecule is Cc1ccc(Cn2c(SCC(=O)NN=Cc3ccc(O)cc3)nc3ccccc32)cc1. The summed E-state index contributed by atoms with van der Waals surface area (Å²) in [7, 11) is 0. The van der Waals surface area contributed by atoms with Gasteiger partial charge in [0.15, 0.2) is 5.16 Å². The van der Waals surface area contributed by atoms with Gasteiger partial charge in [-0.05, 0) is 54.4 Å². The summed E-state index contributed by atoms with van der Waals surface area (Å²) in [4.78, 5) is 17.0. The number of phenols is 1. The van der Waals surface area contributed by atoms with Gasteiger partial charge in [0.2, 0.25) is 0 Å². The summed E-state index contributed by atoms with van der Waals surface area (Å²) in [5.74, 6) is 0.171. The lowest BCUT2D eigenvalue weighted by atomic mass is 10.1. The molecule has 156 valence electrons. The summed E-state index contributed by atoms with van der Waals surface area (Å²) in [5, 5.41) is 14.1. The fourth-order valence-corrected chi connectivity index (χ4v) is 3.90.